The molecule has 0 unspecified atom stereocenters. The first-order valence-corrected chi connectivity index (χ1v) is 7.24. The Morgan fingerprint density at radius 3 is 2.71 bits per heavy atom. The van der Waals surface area contributed by atoms with Gasteiger partial charge in [0.15, 0.2) is 0 Å². The molecule has 4 heteroatoms. The Labute approximate surface area is 126 Å². The molecule has 3 rings (SSSR count). The molecule has 0 spiro atoms. The largest absolute Gasteiger partial charge is 0.496 e. The fourth-order valence-corrected chi connectivity index (χ4v) is 3.00. The number of allylic oxidation sites excluding steroid dienone is 1. The highest BCUT2D eigenvalue weighted by Gasteiger charge is 2.09. The Balaban J connectivity index is 2.09. The van der Waals surface area contributed by atoms with Gasteiger partial charge in [0, 0.05) is 5.56 Å². The third kappa shape index (κ3) is 2.64. The number of hydrogen-bond donors (Lipinski definition) is 0. The third-order valence-electron chi connectivity index (χ3n) is 3.08. The van der Waals surface area contributed by atoms with Crippen molar-refractivity contribution < 1.29 is 4.74 Å². The maximum Gasteiger partial charge on any atom is 0.135 e. The molecule has 0 bridgehead atoms. The van der Waals surface area contributed by atoms with Crippen LogP contribution < -0.4 is 4.74 Å². The summed E-state index contributed by atoms with van der Waals surface area (Å²) in [6, 6.07) is 17.7. The van der Waals surface area contributed by atoms with Crippen molar-refractivity contribution in [1.82, 2.24) is 4.98 Å². The van der Waals surface area contributed by atoms with Crippen LogP contribution in [0.2, 0.25) is 0 Å². The molecule has 0 aliphatic rings. The minimum absolute atomic E-state index is 0.542. The molecule has 0 aliphatic heterocycles. The molecule has 0 fully saturated rings. The first-order valence-electron chi connectivity index (χ1n) is 6.42. The van der Waals surface area contributed by atoms with Gasteiger partial charge in [0.2, 0.25) is 0 Å². The first-order chi connectivity index (χ1) is 10.3. The average Bonchev–Trinajstić information content (AvgIpc) is 2.96. The minimum Gasteiger partial charge on any atom is -0.496 e. The first kappa shape index (κ1) is 13.3. The van der Waals surface area contributed by atoms with Crippen molar-refractivity contribution in [3.63, 3.8) is 0 Å². The van der Waals surface area contributed by atoms with Crippen molar-refractivity contribution >= 4 is 33.2 Å². The summed E-state index contributed by atoms with van der Waals surface area (Å²) in [6.45, 7) is 0. The van der Waals surface area contributed by atoms with E-state index in [9.17, 15) is 5.26 Å². The molecular formula is C17H12N2OS. The van der Waals surface area contributed by atoms with E-state index in [-0.39, 0.29) is 0 Å². The van der Waals surface area contributed by atoms with Crippen molar-refractivity contribution in [3.05, 3.63) is 59.1 Å². The number of hydrogen-bond acceptors (Lipinski definition) is 4. The molecule has 21 heavy (non-hydrogen) atoms. The summed E-state index contributed by atoms with van der Waals surface area (Å²) in [5.74, 6) is 0.742. The van der Waals surface area contributed by atoms with Crippen LogP contribution >= 0.6 is 11.3 Å². The molecule has 3 nitrogen and oxygen atoms in total. The predicted octanol–water partition coefficient (Wildman–Crippen LogP) is 4.37. The lowest BCUT2D eigenvalue weighted by Crippen LogP contribution is -1.87. The minimum atomic E-state index is 0.542. The number of fused-ring (bicyclic) bond motifs is 1. The normalized spacial score (nSPS) is 11.3. The van der Waals surface area contributed by atoms with Gasteiger partial charge in [-0.3, -0.25) is 0 Å². The van der Waals surface area contributed by atoms with E-state index in [1.54, 1.807) is 7.11 Å². The van der Waals surface area contributed by atoms with E-state index in [0.717, 1.165) is 26.5 Å². The van der Waals surface area contributed by atoms with E-state index in [1.807, 2.05) is 54.6 Å². The van der Waals surface area contributed by atoms with Crippen LogP contribution in [0, 0.1) is 11.3 Å². The fourth-order valence-electron chi connectivity index (χ4n) is 2.07. The van der Waals surface area contributed by atoms with E-state index in [4.69, 9.17) is 4.74 Å². The maximum absolute atomic E-state index is 9.44. The molecule has 3 aromatic rings. The summed E-state index contributed by atoms with van der Waals surface area (Å²) in [5.41, 5.74) is 2.33. The predicted molar refractivity (Wildman–Crippen MR) is 86.1 cm³/mol. The van der Waals surface area contributed by atoms with Crippen LogP contribution in [0.1, 0.15) is 10.6 Å². The molecule has 1 heterocycles. The Morgan fingerprint density at radius 2 is 1.95 bits per heavy atom. The quantitative estimate of drug-likeness (QED) is 0.673. The third-order valence-corrected chi connectivity index (χ3v) is 4.15. The van der Waals surface area contributed by atoms with E-state index < -0.39 is 0 Å². The van der Waals surface area contributed by atoms with Crippen molar-refractivity contribution in [2.24, 2.45) is 0 Å². The van der Waals surface area contributed by atoms with Gasteiger partial charge in [-0.25, -0.2) is 4.98 Å². The number of rotatable bonds is 3. The fraction of sp³-hybridized carbons (Fsp3) is 0.0588. The molecule has 102 valence electrons. The van der Waals surface area contributed by atoms with E-state index >= 15 is 0 Å². The molecular weight excluding hydrogens is 280 g/mol. The molecule has 0 N–H and O–H groups in total. The lowest BCUT2D eigenvalue weighted by Gasteiger charge is -2.03. The van der Waals surface area contributed by atoms with Crippen molar-refractivity contribution in [3.8, 4) is 11.8 Å². The van der Waals surface area contributed by atoms with Crippen LogP contribution in [0.5, 0.6) is 5.75 Å². The second-order valence-corrected chi connectivity index (χ2v) is 5.43. The summed E-state index contributed by atoms with van der Waals surface area (Å²) in [4.78, 5) is 4.52. The molecule has 0 saturated heterocycles. The lowest BCUT2D eigenvalue weighted by molar-refractivity contribution is 0.414. The Morgan fingerprint density at radius 1 is 1.19 bits per heavy atom. The summed E-state index contributed by atoms with van der Waals surface area (Å²) in [7, 11) is 1.62. The molecule has 0 saturated carbocycles. The van der Waals surface area contributed by atoms with Crippen LogP contribution in [0.15, 0.2) is 48.5 Å². The van der Waals surface area contributed by atoms with Crippen LogP contribution in [-0.2, 0) is 0 Å². The van der Waals surface area contributed by atoms with E-state index in [0.29, 0.717) is 5.57 Å². The zero-order valence-electron chi connectivity index (χ0n) is 11.4. The summed E-state index contributed by atoms with van der Waals surface area (Å²) >= 11 is 1.52. The van der Waals surface area contributed by atoms with Crippen LogP contribution in [0.25, 0.3) is 21.9 Å². The van der Waals surface area contributed by atoms with Crippen LogP contribution in [0.4, 0.5) is 0 Å². The number of benzene rings is 2. The molecule has 0 aliphatic carbocycles. The van der Waals surface area contributed by atoms with Gasteiger partial charge >= 0.3 is 0 Å². The maximum atomic E-state index is 9.44. The number of nitrogens with zero attached hydrogens (tertiary/aromatic N) is 2. The molecule has 0 amide bonds. The van der Waals surface area contributed by atoms with E-state index in [2.05, 4.69) is 11.1 Å². The Hall–Kier alpha value is -2.64. The molecule has 2 aromatic carbocycles. The number of para-hydroxylation sites is 2. The summed E-state index contributed by atoms with van der Waals surface area (Å²) in [5, 5.41) is 10.2. The number of methoxy groups -OCH3 is 1. The van der Waals surface area contributed by atoms with Crippen LogP contribution in [0.3, 0.4) is 0 Å². The molecule has 0 atom stereocenters. The lowest BCUT2D eigenvalue weighted by atomic mass is 10.1. The van der Waals surface area contributed by atoms with E-state index in [1.165, 1.54) is 11.3 Å². The van der Waals surface area contributed by atoms with Gasteiger partial charge in [-0.15, -0.1) is 11.3 Å². The summed E-state index contributed by atoms with van der Waals surface area (Å²) in [6.07, 6.45) is 1.82. The number of thiazole rings is 1. The molecule has 0 radical (unpaired) electrons. The zero-order valence-corrected chi connectivity index (χ0v) is 12.2. The summed E-state index contributed by atoms with van der Waals surface area (Å²) < 4.78 is 6.39. The van der Waals surface area contributed by atoms with Gasteiger partial charge in [-0.05, 0) is 24.3 Å². The second kappa shape index (κ2) is 5.78. The van der Waals surface area contributed by atoms with Crippen LogP contribution in [-0.4, -0.2) is 12.1 Å². The monoisotopic (exact) mass is 292 g/mol. The highest BCUT2D eigenvalue weighted by molar-refractivity contribution is 7.19. The van der Waals surface area contributed by atoms with Gasteiger partial charge in [0.25, 0.3) is 0 Å². The van der Waals surface area contributed by atoms with Crippen molar-refractivity contribution in [1.29, 1.82) is 5.26 Å². The van der Waals surface area contributed by atoms with Gasteiger partial charge in [-0.1, -0.05) is 30.3 Å². The number of nitriles is 1. The van der Waals surface area contributed by atoms with Gasteiger partial charge in [-0.2, -0.15) is 5.26 Å². The standard InChI is InChI=1S/C17H12N2OS/c1-20-15-8-4-2-6-12(15)10-13(11-18)17-19-14-7-3-5-9-16(14)21-17/h2-10H,1H3/b13-10-. The average molecular weight is 292 g/mol. The number of ether oxygens (including phenoxy) is 1. The van der Waals surface area contributed by atoms with Gasteiger partial charge in [0.05, 0.1) is 22.9 Å². The smallest absolute Gasteiger partial charge is 0.135 e. The topological polar surface area (TPSA) is 45.9 Å². The Bertz CT molecular complexity index is 825. The SMILES string of the molecule is COc1ccccc1/C=C(/C#N)c1nc2ccccc2s1. The Kier molecular flexibility index (Phi) is 3.67. The van der Waals surface area contributed by atoms with Gasteiger partial charge in [0.1, 0.15) is 16.8 Å². The van der Waals surface area contributed by atoms with Crippen molar-refractivity contribution in [2.75, 3.05) is 7.11 Å². The van der Waals surface area contributed by atoms with Gasteiger partial charge < -0.3 is 4.74 Å². The van der Waals surface area contributed by atoms with Crippen molar-refractivity contribution in [2.45, 2.75) is 0 Å². The number of aromatic nitrogens is 1. The second-order valence-electron chi connectivity index (χ2n) is 4.40. The highest BCUT2D eigenvalue weighted by atomic mass is 32.1. The molecule has 1 aromatic heterocycles. The zero-order chi connectivity index (χ0) is 14.7. The highest BCUT2D eigenvalue weighted by Crippen LogP contribution is 2.29.